The molecule has 0 aromatic heterocycles. The summed E-state index contributed by atoms with van der Waals surface area (Å²) in [4.78, 5) is 12.0. The van der Waals surface area contributed by atoms with E-state index in [0.717, 1.165) is 12.1 Å². The number of anilines is 1. The number of benzene rings is 1. The lowest BCUT2D eigenvalue weighted by atomic mass is 9.93. The molecular formula is C14H17N3O. The van der Waals surface area contributed by atoms with Gasteiger partial charge in [-0.05, 0) is 25.0 Å². The number of rotatable bonds is 3. The zero-order valence-corrected chi connectivity index (χ0v) is 10.4. The highest BCUT2D eigenvalue weighted by Gasteiger charge is 2.24. The fourth-order valence-electron chi connectivity index (χ4n) is 2.07. The number of nitrogens with one attached hydrogen (secondary N) is 2. The van der Waals surface area contributed by atoms with Gasteiger partial charge in [0.2, 0.25) is 5.91 Å². The van der Waals surface area contributed by atoms with Gasteiger partial charge >= 0.3 is 0 Å². The van der Waals surface area contributed by atoms with Crippen LogP contribution in [0, 0.1) is 23.2 Å². The van der Waals surface area contributed by atoms with Crippen molar-refractivity contribution in [1.29, 1.82) is 5.26 Å². The summed E-state index contributed by atoms with van der Waals surface area (Å²) in [6.45, 7) is 2.88. The van der Waals surface area contributed by atoms with Gasteiger partial charge in [-0.3, -0.25) is 4.79 Å². The molecule has 4 heteroatoms. The van der Waals surface area contributed by atoms with Crippen LogP contribution in [-0.2, 0) is 11.2 Å². The van der Waals surface area contributed by atoms with Crippen LogP contribution < -0.4 is 10.6 Å². The molecule has 1 aliphatic rings. The predicted octanol–water partition coefficient (Wildman–Crippen LogP) is 1.55. The van der Waals surface area contributed by atoms with E-state index < -0.39 is 0 Å². The third-order valence-corrected chi connectivity index (χ3v) is 3.20. The standard InChI is InChI=1S/C14H17N3O/c1-10(7-15)8-17-14(18)12-6-11-4-2-3-5-13(11)16-9-12/h2-5,10,12,16H,6,8-9H2,1H3,(H,17,18). The van der Waals surface area contributed by atoms with E-state index in [1.807, 2.05) is 24.3 Å². The maximum absolute atomic E-state index is 12.0. The SMILES string of the molecule is CC(C#N)CNC(=O)C1CNc2ccccc2C1. The Bertz CT molecular complexity index is 478. The second-order valence-electron chi connectivity index (χ2n) is 4.71. The van der Waals surface area contributed by atoms with Crippen molar-refractivity contribution < 1.29 is 4.79 Å². The third-order valence-electron chi connectivity index (χ3n) is 3.20. The van der Waals surface area contributed by atoms with Crippen LogP contribution in [0.4, 0.5) is 5.69 Å². The molecule has 4 nitrogen and oxygen atoms in total. The molecule has 0 saturated carbocycles. The highest BCUT2D eigenvalue weighted by Crippen LogP contribution is 2.24. The Morgan fingerprint density at radius 2 is 2.39 bits per heavy atom. The number of para-hydroxylation sites is 1. The van der Waals surface area contributed by atoms with Crippen LogP contribution >= 0.6 is 0 Å². The van der Waals surface area contributed by atoms with Crippen molar-refractivity contribution in [3.05, 3.63) is 29.8 Å². The molecule has 2 atom stereocenters. The minimum atomic E-state index is -0.141. The minimum Gasteiger partial charge on any atom is -0.384 e. The fourth-order valence-corrected chi connectivity index (χ4v) is 2.07. The first-order chi connectivity index (χ1) is 8.70. The lowest BCUT2D eigenvalue weighted by Crippen LogP contribution is -2.39. The average Bonchev–Trinajstić information content (AvgIpc) is 2.43. The zero-order valence-electron chi connectivity index (χ0n) is 10.4. The van der Waals surface area contributed by atoms with E-state index in [1.165, 1.54) is 5.56 Å². The molecular weight excluding hydrogens is 226 g/mol. The molecule has 0 radical (unpaired) electrons. The van der Waals surface area contributed by atoms with Crippen LogP contribution in [0.2, 0.25) is 0 Å². The highest BCUT2D eigenvalue weighted by molar-refractivity contribution is 5.80. The topological polar surface area (TPSA) is 64.9 Å². The second-order valence-corrected chi connectivity index (χ2v) is 4.71. The normalized spacial score (nSPS) is 19.0. The summed E-state index contributed by atoms with van der Waals surface area (Å²) in [5, 5.41) is 14.8. The summed E-state index contributed by atoms with van der Waals surface area (Å²) < 4.78 is 0. The lowest BCUT2D eigenvalue weighted by Gasteiger charge is -2.25. The largest absolute Gasteiger partial charge is 0.384 e. The van der Waals surface area contributed by atoms with Crippen molar-refractivity contribution >= 4 is 11.6 Å². The summed E-state index contributed by atoms with van der Waals surface area (Å²) >= 11 is 0. The van der Waals surface area contributed by atoms with Gasteiger partial charge in [-0.25, -0.2) is 0 Å². The average molecular weight is 243 g/mol. The Kier molecular flexibility index (Phi) is 3.83. The first-order valence-corrected chi connectivity index (χ1v) is 6.20. The van der Waals surface area contributed by atoms with Gasteiger partial charge in [0.25, 0.3) is 0 Å². The van der Waals surface area contributed by atoms with Crippen LogP contribution in [0.5, 0.6) is 0 Å². The number of hydrogen-bond donors (Lipinski definition) is 2. The van der Waals surface area contributed by atoms with Gasteiger partial charge in [0, 0.05) is 18.8 Å². The first-order valence-electron chi connectivity index (χ1n) is 6.20. The molecule has 1 aliphatic heterocycles. The molecule has 1 heterocycles. The Hall–Kier alpha value is -2.02. The quantitative estimate of drug-likeness (QED) is 0.846. The Balaban J connectivity index is 1.93. The van der Waals surface area contributed by atoms with Crippen LogP contribution in [0.25, 0.3) is 0 Å². The number of fused-ring (bicyclic) bond motifs is 1. The van der Waals surface area contributed by atoms with Crippen molar-refractivity contribution in [2.75, 3.05) is 18.4 Å². The number of carbonyl (C=O) groups excluding carboxylic acids is 1. The first kappa shape index (κ1) is 12.4. The van der Waals surface area contributed by atoms with Crippen molar-refractivity contribution in [2.45, 2.75) is 13.3 Å². The van der Waals surface area contributed by atoms with E-state index in [1.54, 1.807) is 6.92 Å². The maximum atomic E-state index is 12.0. The van der Waals surface area contributed by atoms with Crippen molar-refractivity contribution in [2.24, 2.45) is 11.8 Å². The molecule has 0 fully saturated rings. The van der Waals surface area contributed by atoms with Gasteiger partial charge in [0.05, 0.1) is 17.9 Å². The molecule has 1 amide bonds. The number of hydrogen-bond acceptors (Lipinski definition) is 3. The third kappa shape index (κ3) is 2.80. The lowest BCUT2D eigenvalue weighted by molar-refractivity contribution is -0.124. The highest BCUT2D eigenvalue weighted by atomic mass is 16.1. The smallest absolute Gasteiger partial charge is 0.225 e. The molecule has 2 N–H and O–H groups in total. The second kappa shape index (κ2) is 5.54. The molecule has 0 spiro atoms. The molecule has 0 bridgehead atoms. The molecule has 94 valence electrons. The molecule has 0 saturated heterocycles. The van der Waals surface area contributed by atoms with Gasteiger partial charge in [-0.15, -0.1) is 0 Å². The Morgan fingerprint density at radius 3 is 3.17 bits per heavy atom. The minimum absolute atomic E-state index is 0.0269. The van der Waals surface area contributed by atoms with E-state index in [-0.39, 0.29) is 17.7 Å². The molecule has 2 unspecified atom stereocenters. The van der Waals surface area contributed by atoms with Crippen molar-refractivity contribution in [3.8, 4) is 6.07 Å². The number of nitriles is 1. The van der Waals surface area contributed by atoms with Crippen LogP contribution in [-0.4, -0.2) is 19.0 Å². The number of amides is 1. The number of carbonyl (C=O) groups is 1. The van der Waals surface area contributed by atoms with Crippen LogP contribution in [0.3, 0.4) is 0 Å². The molecule has 18 heavy (non-hydrogen) atoms. The summed E-state index contributed by atoms with van der Waals surface area (Å²) in [7, 11) is 0. The monoisotopic (exact) mass is 243 g/mol. The van der Waals surface area contributed by atoms with Crippen LogP contribution in [0.1, 0.15) is 12.5 Å². The summed E-state index contributed by atoms with van der Waals surface area (Å²) in [5.41, 5.74) is 2.30. The van der Waals surface area contributed by atoms with E-state index >= 15 is 0 Å². The van der Waals surface area contributed by atoms with E-state index in [4.69, 9.17) is 5.26 Å². The summed E-state index contributed by atoms with van der Waals surface area (Å²) in [5.74, 6) is -0.164. The van der Waals surface area contributed by atoms with Gasteiger partial charge in [-0.1, -0.05) is 18.2 Å². The van der Waals surface area contributed by atoms with Crippen LogP contribution in [0.15, 0.2) is 24.3 Å². The van der Waals surface area contributed by atoms with Crippen molar-refractivity contribution in [3.63, 3.8) is 0 Å². The predicted molar refractivity (Wildman–Crippen MR) is 69.9 cm³/mol. The zero-order chi connectivity index (χ0) is 13.0. The Morgan fingerprint density at radius 1 is 1.61 bits per heavy atom. The van der Waals surface area contributed by atoms with E-state index in [2.05, 4.69) is 16.7 Å². The molecule has 1 aromatic rings. The van der Waals surface area contributed by atoms with Crippen molar-refractivity contribution in [1.82, 2.24) is 5.32 Å². The van der Waals surface area contributed by atoms with Gasteiger partial charge in [0.15, 0.2) is 0 Å². The van der Waals surface area contributed by atoms with E-state index in [9.17, 15) is 4.79 Å². The van der Waals surface area contributed by atoms with E-state index in [0.29, 0.717) is 13.1 Å². The van der Waals surface area contributed by atoms with Gasteiger partial charge < -0.3 is 10.6 Å². The summed E-state index contributed by atoms with van der Waals surface area (Å²) in [6.07, 6.45) is 0.760. The fraction of sp³-hybridized carbons (Fsp3) is 0.429. The Labute approximate surface area is 107 Å². The molecule has 0 aliphatic carbocycles. The molecule has 2 rings (SSSR count). The number of nitrogens with zero attached hydrogens (tertiary/aromatic N) is 1. The van der Waals surface area contributed by atoms with Gasteiger partial charge in [0.1, 0.15) is 0 Å². The maximum Gasteiger partial charge on any atom is 0.225 e. The molecule has 1 aromatic carbocycles. The summed E-state index contributed by atoms with van der Waals surface area (Å²) in [6, 6.07) is 10.2. The van der Waals surface area contributed by atoms with Gasteiger partial charge in [-0.2, -0.15) is 5.26 Å².